The van der Waals surface area contributed by atoms with E-state index < -0.39 is 17.8 Å². The van der Waals surface area contributed by atoms with E-state index in [0.717, 1.165) is 12.1 Å². The Hall–Kier alpha value is -2.30. The second-order valence-electron chi connectivity index (χ2n) is 4.64. The maximum Gasteiger partial charge on any atom is 0.416 e. The minimum Gasteiger partial charge on any atom is -0.507 e. The highest BCUT2D eigenvalue weighted by Gasteiger charge is 2.30. The van der Waals surface area contributed by atoms with Crippen LogP contribution in [0.25, 0.3) is 0 Å². The predicted octanol–water partition coefficient (Wildman–Crippen LogP) is 4.59. The number of nitrogens with zero attached hydrogens (tertiary/aromatic N) is 1. The number of halogens is 3. The molecule has 0 aromatic heterocycles. The van der Waals surface area contributed by atoms with Gasteiger partial charge in [0, 0.05) is 11.8 Å². The van der Waals surface area contributed by atoms with Crippen molar-refractivity contribution >= 4 is 6.21 Å². The van der Waals surface area contributed by atoms with Crippen molar-refractivity contribution in [2.75, 3.05) is 0 Å². The van der Waals surface area contributed by atoms with Gasteiger partial charge in [0.05, 0.1) is 11.6 Å². The molecule has 0 amide bonds. The van der Waals surface area contributed by atoms with Gasteiger partial charge in [0.2, 0.25) is 0 Å². The van der Waals surface area contributed by atoms with E-state index in [1.807, 2.05) is 0 Å². The van der Waals surface area contributed by atoms with Crippen LogP contribution in [0.5, 0.6) is 5.75 Å². The van der Waals surface area contributed by atoms with E-state index in [1.54, 1.807) is 31.2 Å². The van der Waals surface area contributed by atoms with Crippen LogP contribution in [0.3, 0.4) is 0 Å². The molecule has 0 bridgehead atoms. The van der Waals surface area contributed by atoms with E-state index >= 15 is 0 Å². The summed E-state index contributed by atoms with van der Waals surface area (Å²) in [6.07, 6.45) is -2.91. The third-order valence-electron chi connectivity index (χ3n) is 3.07. The molecule has 0 aliphatic heterocycles. The molecule has 0 radical (unpaired) electrons. The van der Waals surface area contributed by atoms with Crippen LogP contribution in [0.4, 0.5) is 13.2 Å². The number of benzene rings is 2. The van der Waals surface area contributed by atoms with Crippen molar-refractivity contribution in [3.63, 3.8) is 0 Å². The van der Waals surface area contributed by atoms with Crippen molar-refractivity contribution in [3.8, 4) is 5.75 Å². The molecule has 0 fully saturated rings. The highest BCUT2D eigenvalue weighted by Crippen LogP contribution is 2.31. The van der Waals surface area contributed by atoms with Gasteiger partial charge in [-0.3, -0.25) is 4.99 Å². The topological polar surface area (TPSA) is 32.6 Å². The van der Waals surface area contributed by atoms with Crippen LogP contribution >= 0.6 is 0 Å². The number of para-hydroxylation sites is 1. The van der Waals surface area contributed by atoms with Gasteiger partial charge in [-0.2, -0.15) is 13.2 Å². The third-order valence-corrected chi connectivity index (χ3v) is 3.07. The van der Waals surface area contributed by atoms with Crippen molar-refractivity contribution < 1.29 is 18.3 Å². The van der Waals surface area contributed by atoms with Crippen molar-refractivity contribution in [3.05, 3.63) is 65.2 Å². The largest absolute Gasteiger partial charge is 0.507 e. The standard InChI is InChI=1S/C16H14F3NO/c1-11(20-10-13-5-2-3-8-15(13)21)12-6-4-7-14(9-12)16(17,18)19/h2-11,21H,1H3/t11-/m1/s1. The summed E-state index contributed by atoms with van der Waals surface area (Å²) in [6.45, 7) is 1.70. The first-order chi connectivity index (χ1) is 9.88. The van der Waals surface area contributed by atoms with Gasteiger partial charge in [0.15, 0.2) is 0 Å². The quantitative estimate of drug-likeness (QED) is 0.825. The summed E-state index contributed by atoms with van der Waals surface area (Å²) < 4.78 is 38.0. The molecule has 21 heavy (non-hydrogen) atoms. The molecule has 5 heteroatoms. The zero-order chi connectivity index (χ0) is 15.5. The molecule has 0 aliphatic rings. The van der Waals surface area contributed by atoms with Gasteiger partial charge in [-0.05, 0) is 36.8 Å². The van der Waals surface area contributed by atoms with Crippen LogP contribution in [0, 0.1) is 0 Å². The Bertz CT molecular complexity index is 650. The van der Waals surface area contributed by atoms with Gasteiger partial charge in [0.1, 0.15) is 5.75 Å². The molecule has 2 aromatic carbocycles. The summed E-state index contributed by atoms with van der Waals surface area (Å²) in [5.74, 6) is 0.0810. The molecular formula is C16H14F3NO. The average Bonchev–Trinajstić information content (AvgIpc) is 2.45. The summed E-state index contributed by atoms with van der Waals surface area (Å²) in [7, 11) is 0. The average molecular weight is 293 g/mol. The molecule has 0 saturated heterocycles. The lowest BCUT2D eigenvalue weighted by atomic mass is 10.1. The summed E-state index contributed by atoms with van der Waals surface area (Å²) in [5.41, 5.74) is 0.303. The van der Waals surface area contributed by atoms with Crippen molar-refractivity contribution in [2.24, 2.45) is 4.99 Å². The number of rotatable bonds is 3. The molecule has 0 heterocycles. The molecule has 2 rings (SSSR count). The molecule has 1 N–H and O–H groups in total. The Morgan fingerprint density at radius 3 is 2.48 bits per heavy atom. The van der Waals surface area contributed by atoms with Crippen LogP contribution in [0.2, 0.25) is 0 Å². The molecule has 0 saturated carbocycles. The molecule has 0 aliphatic carbocycles. The molecule has 2 aromatic rings. The highest BCUT2D eigenvalue weighted by atomic mass is 19.4. The van der Waals surface area contributed by atoms with Crippen molar-refractivity contribution in [1.29, 1.82) is 0 Å². The second kappa shape index (κ2) is 5.99. The lowest BCUT2D eigenvalue weighted by Crippen LogP contribution is -2.05. The number of hydrogen-bond acceptors (Lipinski definition) is 2. The zero-order valence-corrected chi connectivity index (χ0v) is 11.3. The molecular weight excluding hydrogens is 279 g/mol. The number of phenols is 1. The minimum absolute atomic E-state index is 0.0810. The molecule has 0 spiro atoms. The van der Waals surface area contributed by atoms with Crippen molar-refractivity contribution in [1.82, 2.24) is 0 Å². The van der Waals surface area contributed by atoms with E-state index in [2.05, 4.69) is 4.99 Å². The number of aromatic hydroxyl groups is 1. The van der Waals surface area contributed by atoms with E-state index in [0.29, 0.717) is 11.1 Å². The van der Waals surface area contributed by atoms with Crippen LogP contribution in [-0.2, 0) is 6.18 Å². The number of hydrogen-bond donors (Lipinski definition) is 1. The van der Waals surface area contributed by atoms with Crippen LogP contribution in [0.1, 0.15) is 29.7 Å². The first-order valence-electron chi connectivity index (χ1n) is 6.36. The van der Waals surface area contributed by atoms with Crippen LogP contribution in [-0.4, -0.2) is 11.3 Å². The molecule has 110 valence electrons. The Morgan fingerprint density at radius 2 is 1.81 bits per heavy atom. The lowest BCUT2D eigenvalue weighted by Gasteiger charge is -2.11. The fourth-order valence-electron chi connectivity index (χ4n) is 1.85. The fraction of sp³-hybridized carbons (Fsp3) is 0.188. The maximum atomic E-state index is 12.7. The monoisotopic (exact) mass is 293 g/mol. The van der Waals surface area contributed by atoms with Crippen LogP contribution < -0.4 is 0 Å². The molecule has 2 nitrogen and oxygen atoms in total. The Kier molecular flexibility index (Phi) is 4.31. The summed E-state index contributed by atoms with van der Waals surface area (Å²) in [6, 6.07) is 11.3. The highest BCUT2D eigenvalue weighted by molar-refractivity contribution is 5.83. The predicted molar refractivity (Wildman–Crippen MR) is 75.6 cm³/mol. The maximum absolute atomic E-state index is 12.7. The van der Waals surface area contributed by atoms with E-state index in [9.17, 15) is 18.3 Å². The number of alkyl halides is 3. The van der Waals surface area contributed by atoms with Gasteiger partial charge in [-0.1, -0.05) is 24.3 Å². The first kappa shape index (κ1) is 15.1. The second-order valence-corrected chi connectivity index (χ2v) is 4.64. The fourth-order valence-corrected chi connectivity index (χ4v) is 1.85. The smallest absolute Gasteiger partial charge is 0.416 e. The van der Waals surface area contributed by atoms with Gasteiger partial charge >= 0.3 is 6.18 Å². The van der Waals surface area contributed by atoms with E-state index in [1.165, 1.54) is 18.3 Å². The first-order valence-corrected chi connectivity index (χ1v) is 6.36. The third kappa shape index (κ3) is 3.84. The van der Waals surface area contributed by atoms with Gasteiger partial charge in [0.25, 0.3) is 0 Å². The zero-order valence-electron chi connectivity index (χ0n) is 11.3. The Morgan fingerprint density at radius 1 is 1.10 bits per heavy atom. The van der Waals surface area contributed by atoms with E-state index in [4.69, 9.17) is 0 Å². The normalized spacial score (nSPS) is 13.5. The van der Waals surface area contributed by atoms with Crippen molar-refractivity contribution in [2.45, 2.75) is 19.1 Å². The summed E-state index contributed by atoms with van der Waals surface area (Å²) >= 11 is 0. The number of aliphatic imine (C=N–C) groups is 1. The van der Waals surface area contributed by atoms with Gasteiger partial charge < -0.3 is 5.11 Å². The van der Waals surface area contributed by atoms with E-state index in [-0.39, 0.29) is 5.75 Å². The Balaban J connectivity index is 2.21. The van der Waals surface area contributed by atoms with Gasteiger partial charge in [-0.25, -0.2) is 0 Å². The minimum atomic E-state index is -4.36. The SMILES string of the molecule is C[C@@H](N=Cc1ccccc1O)c1cccc(C(F)(F)F)c1. The number of phenolic OH excluding ortho intramolecular Hbond substituents is 1. The molecule has 1 atom stereocenters. The van der Waals surface area contributed by atoms with Gasteiger partial charge in [-0.15, -0.1) is 0 Å². The summed E-state index contributed by atoms with van der Waals surface area (Å²) in [4.78, 5) is 4.20. The lowest BCUT2D eigenvalue weighted by molar-refractivity contribution is -0.137. The molecule has 0 unspecified atom stereocenters. The Labute approximate surface area is 120 Å². The van der Waals surface area contributed by atoms with Crippen LogP contribution in [0.15, 0.2) is 53.5 Å². The summed E-state index contributed by atoms with van der Waals surface area (Å²) in [5, 5.41) is 9.60.